The van der Waals surface area contributed by atoms with Crippen LogP contribution in [0.3, 0.4) is 0 Å². The van der Waals surface area contributed by atoms with Crippen LogP contribution in [0.1, 0.15) is 20.3 Å². The molecule has 1 radical (unpaired) electrons. The summed E-state index contributed by atoms with van der Waals surface area (Å²) in [5.41, 5.74) is 1.80. The van der Waals surface area contributed by atoms with E-state index in [1.54, 1.807) is 0 Å². The highest BCUT2D eigenvalue weighted by atomic mass is 15.2. The minimum Gasteiger partial charge on any atom is -0.371 e. The largest absolute Gasteiger partial charge is 0.371 e. The third-order valence-corrected chi connectivity index (χ3v) is 2.73. The quantitative estimate of drug-likeness (QED) is 0.632. The average Bonchev–Trinajstić information content (AvgIpc) is 2.48. The Bertz CT molecular complexity index is 276. The summed E-state index contributed by atoms with van der Waals surface area (Å²) in [4.78, 5) is 2.44. The molecule has 0 unspecified atom stereocenters. The molecule has 1 saturated heterocycles. The molecule has 13 heavy (non-hydrogen) atoms. The van der Waals surface area contributed by atoms with Gasteiger partial charge < -0.3 is 4.90 Å². The van der Waals surface area contributed by atoms with Crippen LogP contribution in [0.4, 0.5) is 5.69 Å². The van der Waals surface area contributed by atoms with E-state index in [4.69, 9.17) is 0 Å². The van der Waals surface area contributed by atoms with Gasteiger partial charge in [-0.3, -0.25) is 0 Å². The first kappa shape index (κ1) is 8.61. The van der Waals surface area contributed by atoms with Crippen LogP contribution in [-0.2, 0) is 0 Å². The Morgan fingerprint density at radius 3 is 2.85 bits per heavy atom. The fraction of sp³-hybridized carbons (Fsp3) is 0.500. The Morgan fingerprint density at radius 2 is 2.31 bits per heavy atom. The summed E-state index contributed by atoms with van der Waals surface area (Å²) in [6, 6.07) is 11.4. The van der Waals surface area contributed by atoms with Gasteiger partial charge in [-0.15, -0.1) is 0 Å². The lowest BCUT2D eigenvalue weighted by molar-refractivity contribution is 0.418. The molecule has 1 aliphatic heterocycles. The van der Waals surface area contributed by atoms with Gasteiger partial charge in [-0.2, -0.15) is 0 Å². The molecular weight excluding hydrogens is 158 g/mol. The minimum atomic E-state index is 0.482. The second kappa shape index (κ2) is 3.06. The molecule has 69 valence electrons. The van der Waals surface area contributed by atoms with Crippen molar-refractivity contribution in [2.45, 2.75) is 20.3 Å². The third kappa shape index (κ3) is 1.85. The molecule has 1 heteroatoms. The number of rotatable bonds is 1. The van der Waals surface area contributed by atoms with E-state index in [1.165, 1.54) is 25.2 Å². The molecule has 1 aromatic rings. The number of benzene rings is 1. The second-order valence-corrected chi connectivity index (χ2v) is 4.60. The van der Waals surface area contributed by atoms with Crippen LogP contribution >= 0.6 is 0 Å². The summed E-state index contributed by atoms with van der Waals surface area (Å²) in [6.07, 6.45) is 1.29. The van der Waals surface area contributed by atoms with E-state index in [9.17, 15) is 0 Å². The molecule has 2 rings (SSSR count). The van der Waals surface area contributed by atoms with E-state index >= 15 is 0 Å². The van der Waals surface area contributed by atoms with Gasteiger partial charge >= 0.3 is 0 Å². The second-order valence-electron chi connectivity index (χ2n) is 4.60. The predicted molar refractivity (Wildman–Crippen MR) is 55.9 cm³/mol. The van der Waals surface area contributed by atoms with Crippen LogP contribution in [-0.4, -0.2) is 13.1 Å². The summed E-state index contributed by atoms with van der Waals surface area (Å²) in [5, 5.41) is 0. The Kier molecular flexibility index (Phi) is 2.03. The molecule has 0 atom stereocenters. The molecule has 1 fully saturated rings. The highest BCUT2D eigenvalue weighted by Gasteiger charge is 2.28. The molecule has 0 bridgehead atoms. The molecule has 0 saturated carbocycles. The van der Waals surface area contributed by atoms with Crippen molar-refractivity contribution in [1.29, 1.82) is 0 Å². The molecule has 1 aromatic carbocycles. The van der Waals surface area contributed by atoms with Crippen molar-refractivity contribution in [2.75, 3.05) is 18.0 Å². The fourth-order valence-electron chi connectivity index (χ4n) is 1.91. The van der Waals surface area contributed by atoms with Gasteiger partial charge in [-0.1, -0.05) is 26.0 Å². The van der Waals surface area contributed by atoms with Crippen molar-refractivity contribution in [3.8, 4) is 0 Å². The molecular formula is C12H16N. The Balaban J connectivity index is 2.13. The molecule has 1 heterocycles. The van der Waals surface area contributed by atoms with Gasteiger partial charge in [0.05, 0.1) is 0 Å². The Labute approximate surface area is 80.4 Å². The topological polar surface area (TPSA) is 3.24 Å². The highest BCUT2D eigenvalue weighted by molar-refractivity contribution is 5.46. The Morgan fingerprint density at radius 1 is 1.46 bits per heavy atom. The van der Waals surface area contributed by atoms with Gasteiger partial charge in [0.25, 0.3) is 0 Å². The molecule has 1 aliphatic rings. The number of nitrogens with zero attached hydrogens (tertiary/aromatic N) is 1. The van der Waals surface area contributed by atoms with Gasteiger partial charge in [0.15, 0.2) is 0 Å². The monoisotopic (exact) mass is 174 g/mol. The van der Waals surface area contributed by atoms with Gasteiger partial charge in [-0.05, 0) is 30.0 Å². The van der Waals surface area contributed by atoms with Crippen LogP contribution in [0.5, 0.6) is 0 Å². The van der Waals surface area contributed by atoms with Gasteiger partial charge in [-0.25, -0.2) is 0 Å². The zero-order chi connectivity index (χ0) is 9.31. The molecule has 0 N–H and O–H groups in total. The van der Waals surface area contributed by atoms with E-state index in [0.717, 1.165) is 0 Å². The van der Waals surface area contributed by atoms with E-state index in [2.05, 4.69) is 43.0 Å². The molecule has 0 spiro atoms. The predicted octanol–water partition coefficient (Wildman–Crippen LogP) is 2.72. The summed E-state index contributed by atoms with van der Waals surface area (Å²) in [6.45, 7) is 7.02. The van der Waals surface area contributed by atoms with Crippen molar-refractivity contribution >= 4 is 5.69 Å². The average molecular weight is 174 g/mol. The maximum Gasteiger partial charge on any atom is 0.0372 e. The summed E-state index contributed by atoms with van der Waals surface area (Å²) in [7, 11) is 0. The smallest absolute Gasteiger partial charge is 0.0372 e. The normalized spacial score (nSPS) is 20.6. The fourth-order valence-corrected chi connectivity index (χ4v) is 1.91. The number of anilines is 1. The van der Waals surface area contributed by atoms with Gasteiger partial charge in [0, 0.05) is 18.8 Å². The van der Waals surface area contributed by atoms with E-state index < -0.39 is 0 Å². The summed E-state index contributed by atoms with van der Waals surface area (Å²) in [5.74, 6) is 0. The number of hydrogen-bond donors (Lipinski definition) is 0. The minimum absolute atomic E-state index is 0.482. The lowest BCUT2D eigenvalue weighted by atomic mass is 9.93. The highest BCUT2D eigenvalue weighted by Crippen LogP contribution is 2.31. The maximum atomic E-state index is 3.12. The van der Waals surface area contributed by atoms with Crippen LogP contribution in [0.15, 0.2) is 24.3 Å². The van der Waals surface area contributed by atoms with E-state index in [1.807, 2.05) is 6.07 Å². The maximum absolute atomic E-state index is 3.12. The molecule has 1 nitrogen and oxygen atoms in total. The zero-order valence-corrected chi connectivity index (χ0v) is 8.38. The lowest BCUT2D eigenvalue weighted by Crippen LogP contribution is -2.22. The standard InChI is InChI=1S/C12H16N/c1-12(2)8-9-13(10-12)11-6-4-3-5-7-11/h3-4,6-7H,8-10H2,1-2H3. The van der Waals surface area contributed by atoms with Crippen LogP contribution in [0.2, 0.25) is 0 Å². The molecule has 0 aliphatic carbocycles. The van der Waals surface area contributed by atoms with Crippen molar-refractivity contribution < 1.29 is 0 Å². The van der Waals surface area contributed by atoms with Crippen molar-refractivity contribution in [3.63, 3.8) is 0 Å². The lowest BCUT2D eigenvalue weighted by Gasteiger charge is -2.21. The molecule has 0 aromatic heterocycles. The van der Waals surface area contributed by atoms with Crippen molar-refractivity contribution in [2.24, 2.45) is 5.41 Å². The van der Waals surface area contributed by atoms with Crippen LogP contribution in [0, 0.1) is 11.5 Å². The first-order chi connectivity index (χ1) is 6.17. The SMILES string of the molecule is CC1(C)CCN(c2c[c]ccc2)C1. The van der Waals surface area contributed by atoms with Crippen molar-refractivity contribution in [3.05, 3.63) is 30.3 Å². The van der Waals surface area contributed by atoms with Crippen LogP contribution < -0.4 is 4.90 Å². The summed E-state index contributed by atoms with van der Waals surface area (Å²) < 4.78 is 0. The van der Waals surface area contributed by atoms with Crippen LogP contribution in [0.25, 0.3) is 0 Å². The summed E-state index contributed by atoms with van der Waals surface area (Å²) >= 11 is 0. The van der Waals surface area contributed by atoms with E-state index in [-0.39, 0.29) is 0 Å². The van der Waals surface area contributed by atoms with Crippen molar-refractivity contribution in [1.82, 2.24) is 0 Å². The first-order valence-corrected chi connectivity index (χ1v) is 4.88. The first-order valence-electron chi connectivity index (χ1n) is 4.88. The Hall–Kier alpha value is -0.980. The number of hydrogen-bond acceptors (Lipinski definition) is 1. The van der Waals surface area contributed by atoms with E-state index in [0.29, 0.717) is 5.41 Å². The molecule has 0 amide bonds. The zero-order valence-electron chi connectivity index (χ0n) is 8.38. The third-order valence-electron chi connectivity index (χ3n) is 2.73. The van der Waals surface area contributed by atoms with Gasteiger partial charge in [0.1, 0.15) is 0 Å². The van der Waals surface area contributed by atoms with Gasteiger partial charge in [0.2, 0.25) is 0 Å².